The maximum Gasteiger partial charge on any atom is 0.272 e. The highest BCUT2D eigenvalue weighted by atomic mass is 16.6. The number of rotatable bonds is 4. The summed E-state index contributed by atoms with van der Waals surface area (Å²) in [6.45, 7) is 7.60. The molecule has 0 spiro atoms. The van der Waals surface area contributed by atoms with Gasteiger partial charge in [0.25, 0.3) is 11.6 Å². The van der Waals surface area contributed by atoms with Crippen LogP contribution in [0.5, 0.6) is 0 Å². The molecular formula is C13H18N2O3. The average Bonchev–Trinajstić information content (AvgIpc) is 2.27. The standard InChI is InChI=1S/C13H18N2O3/c1-8(2)10(4)14-13(16)11-5-6-12(15(17)18)9(3)7-11/h5-8,10H,1-4H3,(H,14,16)/t10-/m1/s1. The molecule has 1 rings (SSSR count). The molecule has 0 radical (unpaired) electrons. The van der Waals surface area contributed by atoms with Crippen LogP contribution in [0, 0.1) is 23.0 Å². The first-order valence-electron chi connectivity index (χ1n) is 5.88. The second-order valence-corrected chi connectivity index (χ2v) is 4.76. The lowest BCUT2D eigenvalue weighted by molar-refractivity contribution is -0.385. The molecule has 0 saturated carbocycles. The summed E-state index contributed by atoms with van der Waals surface area (Å²) >= 11 is 0. The fraction of sp³-hybridized carbons (Fsp3) is 0.462. The van der Waals surface area contributed by atoms with Crippen LogP contribution >= 0.6 is 0 Å². The molecule has 0 bridgehead atoms. The molecule has 98 valence electrons. The molecule has 0 heterocycles. The van der Waals surface area contributed by atoms with Gasteiger partial charge in [-0.3, -0.25) is 14.9 Å². The van der Waals surface area contributed by atoms with Crippen molar-refractivity contribution in [2.45, 2.75) is 33.7 Å². The van der Waals surface area contributed by atoms with Crippen molar-refractivity contribution in [2.75, 3.05) is 0 Å². The minimum absolute atomic E-state index is 0.0310. The van der Waals surface area contributed by atoms with Gasteiger partial charge in [-0.05, 0) is 31.9 Å². The molecule has 0 aliphatic carbocycles. The van der Waals surface area contributed by atoms with Gasteiger partial charge < -0.3 is 5.32 Å². The molecule has 1 aromatic carbocycles. The SMILES string of the molecule is Cc1cc(C(=O)N[C@H](C)C(C)C)ccc1[N+](=O)[O-]. The van der Waals surface area contributed by atoms with E-state index in [9.17, 15) is 14.9 Å². The molecule has 0 aliphatic rings. The van der Waals surface area contributed by atoms with Gasteiger partial charge in [0.15, 0.2) is 0 Å². The third-order valence-corrected chi connectivity index (χ3v) is 3.01. The first-order valence-corrected chi connectivity index (χ1v) is 5.88. The summed E-state index contributed by atoms with van der Waals surface area (Å²) in [5.74, 6) is 0.141. The van der Waals surface area contributed by atoms with E-state index in [2.05, 4.69) is 5.32 Å². The Hall–Kier alpha value is -1.91. The van der Waals surface area contributed by atoms with Crippen molar-refractivity contribution in [1.29, 1.82) is 0 Å². The Morgan fingerprint density at radius 1 is 1.33 bits per heavy atom. The predicted molar refractivity (Wildman–Crippen MR) is 69.6 cm³/mol. The molecule has 1 atom stereocenters. The van der Waals surface area contributed by atoms with Crippen molar-refractivity contribution in [1.82, 2.24) is 5.32 Å². The van der Waals surface area contributed by atoms with Crippen molar-refractivity contribution in [2.24, 2.45) is 5.92 Å². The maximum absolute atomic E-state index is 11.9. The van der Waals surface area contributed by atoms with Crippen LogP contribution in [0.25, 0.3) is 0 Å². The smallest absolute Gasteiger partial charge is 0.272 e. The van der Waals surface area contributed by atoms with Crippen molar-refractivity contribution in [3.63, 3.8) is 0 Å². The molecular weight excluding hydrogens is 232 g/mol. The van der Waals surface area contributed by atoms with E-state index in [1.807, 2.05) is 20.8 Å². The zero-order chi connectivity index (χ0) is 13.9. The van der Waals surface area contributed by atoms with Crippen molar-refractivity contribution in [3.8, 4) is 0 Å². The van der Waals surface area contributed by atoms with Crippen molar-refractivity contribution < 1.29 is 9.72 Å². The second-order valence-electron chi connectivity index (χ2n) is 4.76. The number of nitro groups is 1. The Kier molecular flexibility index (Phi) is 4.42. The van der Waals surface area contributed by atoms with E-state index in [1.165, 1.54) is 12.1 Å². The molecule has 1 aromatic rings. The third kappa shape index (κ3) is 3.29. The third-order valence-electron chi connectivity index (χ3n) is 3.01. The maximum atomic E-state index is 11.9. The summed E-state index contributed by atoms with van der Waals surface area (Å²) in [6, 6.07) is 4.45. The molecule has 5 nitrogen and oxygen atoms in total. The van der Waals surface area contributed by atoms with Crippen LogP contribution < -0.4 is 5.32 Å². The topological polar surface area (TPSA) is 72.2 Å². The first-order chi connectivity index (χ1) is 8.32. The number of benzene rings is 1. The Morgan fingerprint density at radius 2 is 1.94 bits per heavy atom. The Morgan fingerprint density at radius 3 is 2.39 bits per heavy atom. The summed E-state index contributed by atoms with van der Waals surface area (Å²) < 4.78 is 0. The van der Waals surface area contributed by atoms with Crippen molar-refractivity contribution >= 4 is 11.6 Å². The first kappa shape index (κ1) is 14.2. The number of nitro benzene ring substituents is 1. The van der Waals surface area contributed by atoms with E-state index in [-0.39, 0.29) is 17.6 Å². The van der Waals surface area contributed by atoms with Gasteiger partial charge in [-0.15, -0.1) is 0 Å². The fourth-order valence-electron chi connectivity index (χ4n) is 1.46. The summed E-state index contributed by atoms with van der Waals surface area (Å²) in [5.41, 5.74) is 0.971. The molecule has 5 heteroatoms. The molecule has 18 heavy (non-hydrogen) atoms. The fourth-order valence-corrected chi connectivity index (χ4v) is 1.46. The van der Waals surface area contributed by atoms with Crippen LogP contribution in [0.3, 0.4) is 0 Å². The lowest BCUT2D eigenvalue weighted by Crippen LogP contribution is -2.36. The number of hydrogen-bond acceptors (Lipinski definition) is 3. The number of aryl methyl sites for hydroxylation is 1. The molecule has 0 aromatic heterocycles. The molecule has 1 amide bonds. The quantitative estimate of drug-likeness (QED) is 0.659. The van der Waals surface area contributed by atoms with Gasteiger partial charge in [0.05, 0.1) is 4.92 Å². The van der Waals surface area contributed by atoms with Gasteiger partial charge >= 0.3 is 0 Å². The van der Waals surface area contributed by atoms with Crippen LogP contribution in [0.1, 0.15) is 36.7 Å². The van der Waals surface area contributed by atoms with Crippen LogP contribution in [-0.2, 0) is 0 Å². The Balaban J connectivity index is 2.88. The highest BCUT2D eigenvalue weighted by Crippen LogP contribution is 2.18. The predicted octanol–water partition coefficient (Wildman–Crippen LogP) is 2.68. The van der Waals surface area contributed by atoms with E-state index in [0.29, 0.717) is 17.0 Å². The van der Waals surface area contributed by atoms with Crippen LogP contribution in [0.4, 0.5) is 5.69 Å². The summed E-state index contributed by atoms with van der Waals surface area (Å²) in [6.07, 6.45) is 0. The van der Waals surface area contributed by atoms with E-state index in [1.54, 1.807) is 13.0 Å². The highest BCUT2D eigenvalue weighted by Gasteiger charge is 2.16. The van der Waals surface area contributed by atoms with Gasteiger partial charge in [-0.2, -0.15) is 0 Å². The lowest BCUT2D eigenvalue weighted by atomic mass is 10.0. The van der Waals surface area contributed by atoms with Gasteiger partial charge in [-0.25, -0.2) is 0 Å². The second kappa shape index (κ2) is 5.62. The van der Waals surface area contributed by atoms with Gasteiger partial charge in [0.2, 0.25) is 0 Å². The molecule has 0 unspecified atom stereocenters. The van der Waals surface area contributed by atoms with E-state index >= 15 is 0 Å². The van der Waals surface area contributed by atoms with Gasteiger partial charge in [0, 0.05) is 23.2 Å². The minimum Gasteiger partial charge on any atom is -0.349 e. The minimum atomic E-state index is -0.451. The summed E-state index contributed by atoms with van der Waals surface area (Å²) in [5, 5.41) is 13.5. The number of amides is 1. The number of carbonyl (C=O) groups excluding carboxylic acids is 1. The largest absolute Gasteiger partial charge is 0.349 e. The Bertz CT molecular complexity index is 469. The molecule has 1 N–H and O–H groups in total. The Labute approximate surface area is 106 Å². The molecule has 0 fully saturated rings. The van der Waals surface area contributed by atoms with Crippen molar-refractivity contribution in [3.05, 3.63) is 39.4 Å². The number of hydrogen-bond donors (Lipinski definition) is 1. The monoisotopic (exact) mass is 250 g/mol. The van der Waals surface area contributed by atoms with Gasteiger partial charge in [-0.1, -0.05) is 13.8 Å². The summed E-state index contributed by atoms with van der Waals surface area (Å²) in [7, 11) is 0. The van der Waals surface area contributed by atoms with Crippen LogP contribution in [0.15, 0.2) is 18.2 Å². The molecule has 0 saturated heterocycles. The van der Waals surface area contributed by atoms with Crippen LogP contribution in [-0.4, -0.2) is 16.9 Å². The number of nitrogens with one attached hydrogen (secondary N) is 1. The normalized spacial score (nSPS) is 12.3. The lowest BCUT2D eigenvalue weighted by Gasteiger charge is -2.17. The highest BCUT2D eigenvalue weighted by molar-refractivity contribution is 5.94. The zero-order valence-electron chi connectivity index (χ0n) is 11.1. The zero-order valence-corrected chi connectivity index (χ0v) is 11.1. The average molecular weight is 250 g/mol. The number of carbonyl (C=O) groups is 1. The van der Waals surface area contributed by atoms with Crippen LogP contribution in [0.2, 0.25) is 0 Å². The van der Waals surface area contributed by atoms with E-state index in [4.69, 9.17) is 0 Å². The van der Waals surface area contributed by atoms with E-state index < -0.39 is 4.92 Å². The number of nitrogens with zero attached hydrogens (tertiary/aromatic N) is 1. The molecule has 0 aliphatic heterocycles. The van der Waals surface area contributed by atoms with E-state index in [0.717, 1.165) is 0 Å². The summed E-state index contributed by atoms with van der Waals surface area (Å²) in [4.78, 5) is 22.1. The van der Waals surface area contributed by atoms with Gasteiger partial charge in [0.1, 0.15) is 0 Å².